The predicted octanol–water partition coefficient (Wildman–Crippen LogP) is 4.05. The monoisotopic (exact) mass is 373 g/mol. The molecule has 0 radical (unpaired) electrons. The molecule has 3 aromatic heterocycles. The lowest BCUT2D eigenvalue weighted by atomic mass is 10.2. The van der Waals surface area contributed by atoms with Crippen molar-refractivity contribution in [1.29, 1.82) is 0 Å². The minimum Gasteiger partial charge on any atom is -0.330 e. The maximum atomic E-state index is 12.5. The van der Waals surface area contributed by atoms with Gasteiger partial charge in [0.2, 0.25) is 0 Å². The van der Waals surface area contributed by atoms with Crippen LogP contribution in [-0.2, 0) is 23.0 Å². The molecule has 0 saturated heterocycles. The van der Waals surface area contributed by atoms with E-state index in [2.05, 4.69) is 15.0 Å². The van der Waals surface area contributed by atoms with E-state index in [9.17, 15) is 17.4 Å². The van der Waals surface area contributed by atoms with Crippen LogP contribution in [0.15, 0.2) is 23.5 Å². The molecule has 128 valence electrons. The van der Waals surface area contributed by atoms with E-state index in [1.165, 1.54) is 18.3 Å². The predicted molar refractivity (Wildman–Crippen MR) is 87.6 cm³/mol. The Labute approximate surface area is 142 Å². The van der Waals surface area contributed by atoms with E-state index in [0.717, 1.165) is 20.8 Å². The summed E-state index contributed by atoms with van der Waals surface area (Å²) in [6.45, 7) is 3.89. The van der Waals surface area contributed by atoms with Crippen LogP contribution in [0.3, 0.4) is 0 Å². The Morgan fingerprint density at radius 2 is 2.04 bits per heavy atom. The summed E-state index contributed by atoms with van der Waals surface area (Å²) in [5.74, 6) is 0.0172. The third kappa shape index (κ3) is 3.67. The number of nitrogens with one attached hydrogen (secondary N) is 1. The van der Waals surface area contributed by atoms with Crippen molar-refractivity contribution in [2.45, 2.75) is 37.4 Å². The molecule has 3 rings (SSSR count). The number of aromatic amines is 1. The number of H-pyrrole nitrogens is 1. The van der Waals surface area contributed by atoms with Crippen molar-refractivity contribution in [3.8, 4) is 0 Å². The van der Waals surface area contributed by atoms with E-state index >= 15 is 0 Å². The molecular weight excluding hydrogens is 359 g/mol. The van der Waals surface area contributed by atoms with Crippen molar-refractivity contribution in [2.75, 3.05) is 0 Å². The number of imidazole rings is 1. The van der Waals surface area contributed by atoms with Crippen molar-refractivity contribution in [2.24, 2.45) is 0 Å². The topological polar surface area (TPSA) is 58.6 Å². The van der Waals surface area contributed by atoms with Crippen molar-refractivity contribution in [3.05, 3.63) is 39.3 Å². The lowest BCUT2D eigenvalue weighted by molar-refractivity contribution is -0.127. The molecule has 1 unspecified atom stereocenters. The molecule has 9 heteroatoms. The Morgan fingerprint density at radius 1 is 1.29 bits per heavy atom. The largest absolute Gasteiger partial charge is 0.393 e. The summed E-state index contributed by atoms with van der Waals surface area (Å²) in [5, 5.41) is 0.321. The van der Waals surface area contributed by atoms with Crippen LogP contribution >= 0.6 is 11.3 Å². The van der Waals surface area contributed by atoms with Gasteiger partial charge >= 0.3 is 6.18 Å². The zero-order valence-electron chi connectivity index (χ0n) is 12.9. The highest BCUT2D eigenvalue weighted by Crippen LogP contribution is 2.29. The number of thiophene rings is 1. The lowest BCUT2D eigenvalue weighted by Crippen LogP contribution is -2.12. The van der Waals surface area contributed by atoms with Gasteiger partial charge in [-0.25, -0.2) is 4.98 Å². The van der Waals surface area contributed by atoms with Gasteiger partial charge < -0.3 is 4.98 Å². The quantitative estimate of drug-likeness (QED) is 0.751. The Kier molecular flexibility index (Phi) is 4.48. The van der Waals surface area contributed by atoms with Crippen molar-refractivity contribution >= 4 is 33.2 Å². The number of rotatable bonds is 4. The van der Waals surface area contributed by atoms with Crippen LogP contribution in [0.5, 0.6) is 0 Å². The molecule has 0 aliphatic carbocycles. The van der Waals surface area contributed by atoms with Crippen LogP contribution in [0.1, 0.15) is 21.0 Å². The number of pyridine rings is 1. The first-order chi connectivity index (χ1) is 11.2. The van der Waals surface area contributed by atoms with Gasteiger partial charge in [-0.3, -0.25) is 9.19 Å². The van der Waals surface area contributed by atoms with Gasteiger partial charge in [0.25, 0.3) is 0 Å². The maximum Gasteiger partial charge on any atom is 0.393 e. The lowest BCUT2D eigenvalue weighted by Gasteiger charge is -2.07. The number of nitrogens with zero attached hydrogens (tertiary/aromatic N) is 2. The average Bonchev–Trinajstić information content (AvgIpc) is 3.00. The highest BCUT2D eigenvalue weighted by molar-refractivity contribution is 7.84. The van der Waals surface area contributed by atoms with Crippen LogP contribution in [0.25, 0.3) is 11.0 Å². The molecule has 0 aliphatic rings. The molecular formula is C15H14F3N3OS2. The second-order valence-corrected chi connectivity index (χ2v) is 8.21. The fraction of sp³-hybridized carbons (Fsp3) is 0.333. The fourth-order valence-corrected chi connectivity index (χ4v) is 4.37. The Hall–Kier alpha value is -1.74. The Bertz CT molecular complexity index is 880. The van der Waals surface area contributed by atoms with Crippen LogP contribution in [0.2, 0.25) is 0 Å². The van der Waals surface area contributed by atoms with Crippen molar-refractivity contribution in [3.63, 3.8) is 0 Å². The van der Waals surface area contributed by atoms with Crippen LogP contribution in [0.4, 0.5) is 13.2 Å². The summed E-state index contributed by atoms with van der Waals surface area (Å²) in [4.78, 5) is 13.5. The maximum absolute atomic E-state index is 12.5. The van der Waals surface area contributed by atoms with Crippen LogP contribution in [0, 0.1) is 13.8 Å². The Balaban J connectivity index is 1.81. The van der Waals surface area contributed by atoms with E-state index in [-0.39, 0.29) is 11.3 Å². The molecule has 0 fully saturated rings. The summed E-state index contributed by atoms with van der Waals surface area (Å²) in [6.07, 6.45) is -4.00. The van der Waals surface area contributed by atoms with Gasteiger partial charge in [0.05, 0.1) is 34.2 Å². The van der Waals surface area contributed by atoms with E-state index in [4.69, 9.17) is 0 Å². The summed E-state index contributed by atoms with van der Waals surface area (Å²) in [6, 6.07) is 2.65. The summed E-state index contributed by atoms with van der Waals surface area (Å²) in [7, 11) is -1.50. The van der Waals surface area contributed by atoms with E-state index in [0.29, 0.717) is 10.9 Å². The molecule has 3 aromatic rings. The van der Waals surface area contributed by atoms with E-state index < -0.39 is 23.4 Å². The van der Waals surface area contributed by atoms with E-state index in [1.54, 1.807) is 11.3 Å². The number of fused-ring (bicyclic) bond motifs is 1. The standard InChI is InChI=1S/C15H14F3N3OS2/c1-8-12-13(9(2)23-8)21-14(20-12)24(22)7-11-5-10(3-4-19-11)6-15(16,17)18/h3-5H,6-7H2,1-2H3,(H,20,21). The average molecular weight is 373 g/mol. The van der Waals surface area contributed by atoms with Gasteiger partial charge in [-0.1, -0.05) is 0 Å². The van der Waals surface area contributed by atoms with Crippen molar-refractivity contribution < 1.29 is 17.4 Å². The number of alkyl halides is 3. The second-order valence-electron chi connectivity index (χ2n) is 5.42. The number of halogens is 3. The van der Waals surface area contributed by atoms with Gasteiger partial charge in [-0.05, 0) is 31.5 Å². The molecule has 1 N–H and O–H groups in total. The molecule has 0 saturated carbocycles. The van der Waals surface area contributed by atoms with Gasteiger partial charge in [0.1, 0.15) is 5.52 Å². The first-order valence-electron chi connectivity index (χ1n) is 7.07. The summed E-state index contributed by atoms with van der Waals surface area (Å²) in [5.41, 5.74) is 2.11. The SMILES string of the molecule is Cc1sc(C)c2[nH]c(S(=O)Cc3cc(CC(F)(F)F)ccn3)nc12. The number of aryl methyl sites for hydroxylation is 2. The van der Waals surface area contributed by atoms with E-state index in [1.807, 2.05) is 13.8 Å². The smallest absolute Gasteiger partial charge is 0.330 e. The molecule has 0 aromatic carbocycles. The highest BCUT2D eigenvalue weighted by atomic mass is 32.2. The molecule has 3 heterocycles. The third-order valence-electron chi connectivity index (χ3n) is 3.45. The minimum atomic E-state index is -4.28. The van der Waals surface area contributed by atoms with Crippen molar-refractivity contribution in [1.82, 2.24) is 15.0 Å². The third-order valence-corrected chi connectivity index (χ3v) is 5.65. The molecule has 0 aliphatic heterocycles. The number of hydrogen-bond donors (Lipinski definition) is 1. The van der Waals surface area contributed by atoms with Crippen LogP contribution in [-0.4, -0.2) is 25.3 Å². The van der Waals surface area contributed by atoms with Crippen LogP contribution < -0.4 is 0 Å². The molecule has 0 spiro atoms. The molecule has 0 amide bonds. The highest BCUT2D eigenvalue weighted by Gasteiger charge is 2.27. The van der Waals surface area contributed by atoms with Gasteiger partial charge in [0, 0.05) is 16.0 Å². The first kappa shape index (κ1) is 17.1. The summed E-state index contributed by atoms with van der Waals surface area (Å²) >= 11 is 1.61. The summed E-state index contributed by atoms with van der Waals surface area (Å²) < 4.78 is 49.9. The number of hydrogen-bond acceptors (Lipinski definition) is 4. The van der Waals surface area contributed by atoms with Gasteiger partial charge in [0.15, 0.2) is 5.16 Å². The molecule has 4 nitrogen and oxygen atoms in total. The second kappa shape index (κ2) is 6.29. The normalized spacial score (nSPS) is 13.5. The van der Waals surface area contributed by atoms with Gasteiger partial charge in [-0.2, -0.15) is 13.2 Å². The molecule has 0 bridgehead atoms. The first-order valence-corrected chi connectivity index (χ1v) is 9.21. The molecule has 24 heavy (non-hydrogen) atoms. The number of aromatic nitrogens is 3. The zero-order chi connectivity index (χ0) is 17.5. The fourth-order valence-electron chi connectivity index (χ4n) is 2.45. The van der Waals surface area contributed by atoms with Gasteiger partial charge in [-0.15, -0.1) is 11.3 Å². The Morgan fingerprint density at radius 3 is 2.71 bits per heavy atom. The zero-order valence-corrected chi connectivity index (χ0v) is 14.5. The minimum absolute atomic E-state index is 0.0172. The molecule has 1 atom stereocenters.